The van der Waals surface area contributed by atoms with E-state index in [4.69, 9.17) is 6.57 Å². The number of nitrogens with one attached hydrogen (secondary N) is 1. The number of piperazine rings is 1. The van der Waals surface area contributed by atoms with Gasteiger partial charge < -0.3 is 4.90 Å². The number of nitrogens with zero attached hydrogens (tertiary/aromatic N) is 4. The van der Waals surface area contributed by atoms with Crippen LogP contribution in [0, 0.1) is 6.57 Å². The van der Waals surface area contributed by atoms with Crippen molar-refractivity contribution in [3.63, 3.8) is 0 Å². The maximum Gasteiger partial charge on any atom is 0.264 e. The van der Waals surface area contributed by atoms with Crippen LogP contribution in [0.15, 0.2) is 90.0 Å². The number of anilines is 1. The van der Waals surface area contributed by atoms with Gasteiger partial charge in [-0.3, -0.25) is 19.4 Å². The summed E-state index contributed by atoms with van der Waals surface area (Å²) in [6, 6.07) is 22.7. The van der Waals surface area contributed by atoms with Crippen LogP contribution in [-0.4, -0.2) is 55.3 Å². The van der Waals surface area contributed by atoms with E-state index in [1.807, 2.05) is 41.3 Å². The van der Waals surface area contributed by atoms with Gasteiger partial charge in [0.25, 0.3) is 15.9 Å². The predicted molar refractivity (Wildman–Crippen MR) is 143 cm³/mol. The molecule has 0 saturated carbocycles. The summed E-state index contributed by atoms with van der Waals surface area (Å²) in [5.74, 6) is -0.0753. The smallest absolute Gasteiger partial charge is 0.264 e. The molecule has 186 valence electrons. The summed E-state index contributed by atoms with van der Waals surface area (Å²) in [5.41, 5.74) is 3.06. The molecule has 0 radical (unpaired) electrons. The van der Waals surface area contributed by atoms with Crippen LogP contribution in [0.1, 0.15) is 15.9 Å². The minimum atomic E-state index is -3.86. The topological polar surface area (TPSA) is 87.0 Å². The average molecular weight is 512 g/mol. The Morgan fingerprint density at radius 1 is 0.919 bits per heavy atom. The Labute approximate surface area is 216 Å². The summed E-state index contributed by atoms with van der Waals surface area (Å²) in [4.78, 5) is 24.9. The quantitative estimate of drug-likeness (QED) is 0.384. The summed E-state index contributed by atoms with van der Waals surface area (Å²) >= 11 is 0. The Bertz CT molecular complexity index is 1570. The molecule has 5 rings (SSSR count). The molecule has 37 heavy (non-hydrogen) atoms. The second-order valence-electron chi connectivity index (χ2n) is 8.86. The largest absolute Gasteiger partial charge is 0.336 e. The van der Waals surface area contributed by atoms with E-state index in [-0.39, 0.29) is 10.8 Å². The van der Waals surface area contributed by atoms with E-state index in [9.17, 15) is 13.2 Å². The fourth-order valence-corrected chi connectivity index (χ4v) is 5.65. The molecular weight excluding hydrogens is 486 g/mol. The first kappa shape index (κ1) is 24.4. The monoisotopic (exact) mass is 511 g/mol. The number of sulfonamides is 1. The highest BCUT2D eigenvalue weighted by atomic mass is 32.2. The van der Waals surface area contributed by atoms with Gasteiger partial charge in [0.1, 0.15) is 4.90 Å². The van der Waals surface area contributed by atoms with Crippen LogP contribution >= 0.6 is 0 Å². The van der Waals surface area contributed by atoms with Crippen molar-refractivity contribution >= 4 is 38.2 Å². The van der Waals surface area contributed by atoms with Crippen LogP contribution in [0.5, 0.6) is 0 Å². The van der Waals surface area contributed by atoms with E-state index in [0.717, 1.165) is 30.6 Å². The average Bonchev–Trinajstić information content (AvgIpc) is 2.93. The van der Waals surface area contributed by atoms with Gasteiger partial charge in [0.2, 0.25) is 0 Å². The molecule has 2 heterocycles. The highest BCUT2D eigenvalue weighted by Gasteiger charge is 2.23. The van der Waals surface area contributed by atoms with Crippen LogP contribution in [0.3, 0.4) is 0 Å². The van der Waals surface area contributed by atoms with Crippen LogP contribution in [0.2, 0.25) is 0 Å². The summed E-state index contributed by atoms with van der Waals surface area (Å²) in [5, 5.41) is 0.740. The van der Waals surface area contributed by atoms with Crippen LogP contribution < -0.4 is 4.72 Å². The van der Waals surface area contributed by atoms with Gasteiger partial charge in [-0.05, 0) is 42.0 Å². The van der Waals surface area contributed by atoms with E-state index in [1.165, 1.54) is 6.07 Å². The summed E-state index contributed by atoms with van der Waals surface area (Å²) < 4.78 is 28.7. The van der Waals surface area contributed by atoms with Crippen molar-refractivity contribution < 1.29 is 13.2 Å². The first-order valence-corrected chi connectivity index (χ1v) is 13.4. The van der Waals surface area contributed by atoms with Crippen LogP contribution in [0.25, 0.3) is 15.7 Å². The molecule has 0 atom stereocenters. The molecule has 4 aromatic rings. The van der Waals surface area contributed by atoms with Crippen LogP contribution in [0.4, 0.5) is 11.4 Å². The zero-order valence-corrected chi connectivity index (χ0v) is 20.9. The molecule has 1 amide bonds. The number of hydrogen-bond acceptors (Lipinski definition) is 5. The molecule has 9 heteroatoms. The first-order valence-electron chi connectivity index (χ1n) is 11.9. The Kier molecular flexibility index (Phi) is 6.86. The second-order valence-corrected chi connectivity index (χ2v) is 10.5. The lowest BCUT2D eigenvalue weighted by molar-refractivity contribution is 0.0628. The lowest BCUT2D eigenvalue weighted by Crippen LogP contribution is -2.48. The van der Waals surface area contributed by atoms with E-state index in [2.05, 4.69) is 19.5 Å². The van der Waals surface area contributed by atoms with Gasteiger partial charge in [-0.15, -0.1) is 0 Å². The van der Waals surface area contributed by atoms with Gasteiger partial charge in [0.05, 0.1) is 12.1 Å². The van der Waals surface area contributed by atoms with Gasteiger partial charge in [-0.2, -0.15) is 0 Å². The number of rotatable bonds is 6. The maximum absolute atomic E-state index is 13.0. The van der Waals surface area contributed by atoms with E-state index in [0.29, 0.717) is 35.5 Å². The molecule has 1 fully saturated rings. The SMILES string of the molecule is [C-]#[N+]c1ccc(CN2CCN(C(=O)c3ccc(NS(=O)(=O)c4cccc5cccnc45)cc3)CC2)cc1. The molecule has 1 saturated heterocycles. The zero-order chi connectivity index (χ0) is 25.8. The third-order valence-electron chi connectivity index (χ3n) is 6.40. The van der Waals surface area contributed by atoms with E-state index < -0.39 is 10.0 Å². The van der Waals surface area contributed by atoms with Crippen molar-refractivity contribution in [3.8, 4) is 0 Å². The molecule has 3 aromatic carbocycles. The number of carbonyl (C=O) groups excluding carboxylic acids is 1. The molecule has 1 aliphatic heterocycles. The van der Waals surface area contributed by atoms with Crippen LogP contribution in [-0.2, 0) is 16.6 Å². The molecule has 1 N–H and O–H groups in total. The number of fused-ring (bicyclic) bond motifs is 1. The third kappa shape index (κ3) is 5.45. The summed E-state index contributed by atoms with van der Waals surface area (Å²) in [6.45, 7) is 10.6. The number of aromatic nitrogens is 1. The maximum atomic E-state index is 13.0. The van der Waals surface area contributed by atoms with E-state index >= 15 is 0 Å². The second kappa shape index (κ2) is 10.4. The van der Waals surface area contributed by atoms with Crippen molar-refractivity contribution in [2.75, 3.05) is 30.9 Å². The van der Waals surface area contributed by atoms with Crippen molar-refractivity contribution in [2.45, 2.75) is 11.4 Å². The molecule has 8 nitrogen and oxygen atoms in total. The van der Waals surface area contributed by atoms with Gasteiger partial charge in [-0.1, -0.05) is 42.5 Å². The molecular formula is C28H25N5O3S. The fraction of sp³-hybridized carbons (Fsp3) is 0.179. The molecule has 0 unspecified atom stereocenters. The van der Waals surface area contributed by atoms with Gasteiger partial charge in [0, 0.05) is 55.6 Å². The molecule has 0 aliphatic carbocycles. The number of pyridine rings is 1. The highest BCUT2D eigenvalue weighted by molar-refractivity contribution is 7.93. The Morgan fingerprint density at radius 2 is 1.62 bits per heavy atom. The Hall–Kier alpha value is -4.26. The number of benzene rings is 3. The molecule has 1 aliphatic rings. The van der Waals surface area contributed by atoms with Crippen molar-refractivity contribution in [1.29, 1.82) is 0 Å². The minimum absolute atomic E-state index is 0.0753. The molecule has 0 spiro atoms. The lowest BCUT2D eigenvalue weighted by atomic mass is 10.1. The standard InChI is InChI=1S/C28H25N5O3S/c1-29-24-11-7-21(8-12-24)20-32-16-18-33(19-17-32)28(34)23-9-13-25(14-10-23)31-37(35,36)26-6-2-4-22-5-3-15-30-27(22)26/h2-15,31H,16-20H2. The van der Waals surface area contributed by atoms with Gasteiger partial charge in [-0.25, -0.2) is 13.3 Å². The number of carbonyl (C=O) groups is 1. The molecule has 1 aromatic heterocycles. The normalized spacial score (nSPS) is 14.3. The number of para-hydroxylation sites is 1. The predicted octanol–water partition coefficient (Wildman–Crippen LogP) is 4.54. The van der Waals surface area contributed by atoms with Crippen molar-refractivity contribution in [2.24, 2.45) is 0 Å². The summed E-state index contributed by atoms with van der Waals surface area (Å²) in [7, 11) is -3.86. The van der Waals surface area contributed by atoms with Gasteiger partial charge in [0.15, 0.2) is 5.69 Å². The van der Waals surface area contributed by atoms with Crippen molar-refractivity contribution in [3.05, 3.63) is 108 Å². The van der Waals surface area contributed by atoms with E-state index in [1.54, 1.807) is 42.6 Å². The first-order chi connectivity index (χ1) is 17.9. The number of amides is 1. The zero-order valence-electron chi connectivity index (χ0n) is 20.0. The summed E-state index contributed by atoms with van der Waals surface area (Å²) in [6.07, 6.45) is 1.57. The highest BCUT2D eigenvalue weighted by Crippen LogP contribution is 2.24. The van der Waals surface area contributed by atoms with Crippen molar-refractivity contribution in [1.82, 2.24) is 14.8 Å². The Balaban J connectivity index is 1.20. The third-order valence-corrected chi connectivity index (χ3v) is 7.81. The van der Waals surface area contributed by atoms with Gasteiger partial charge >= 0.3 is 0 Å². The number of hydrogen-bond donors (Lipinski definition) is 1. The molecule has 0 bridgehead atoms. The Morgan fingerprint density at radius 3 is 2.32 bits per heavy atom. The fourth-order valence-electron chi connectivity index (χ4n) is 4.41. The minimum Gasteiger partial charge on any atom is -0.336 e. The lowest BCUT2D eigenvalue weighted by Gasteiger charge is -2.34.